The molecule has 3 aromatic rings. The maximum absolute atomic E-state index is 14.6. The molecule has 1 saturated heterocycles. The molecule has 1 atom stereocenters. The van der Waals surface area contributed by atoms with E-state index in [0.29, 0.717) is 43.5 Å². The molecule has 0 aliphatic carbocycles. The molecule has 0 spiro atoms. The quantitative estimate of drug-likeness (QED) is 0.465. The van der Waals surface area contributed by atoms with Gasteiger partial charge in [0.25, 0.3) is 0 Å². The van der Waals surface area contributed by atoms with Crippen molar-refractivity contribution in [3.05, 3.63) is 71.8 Å². The lowest BCUT2D eigenvalue weighted by atomic mass is 9.84. The summed E-state index contributed by atoms with van der Waals surface area (Å²) in [5, 5.41) is 7.42. The van der Waals surface area contributed by atoms with Gasteiger partial charge < -0.3 is 19.7 Å². The molecular weight excluding hydrogens is 463 g/mol. The first-order valence-corrected chi connectivity index (χ1v) is 11.9. The van der Waals surface area contributed by atoms with Gasteiger partial charge in [0.2, 0.25) is 11.8 Å². The van der Waals surface area contributed by atoms with Gasteiger partial charge in [0, 0.05) is 55.9 Å². The van der Waals surface area contributed by atoms with Crippen LogP contribution in [0.15, 0.2) is 54.9 Å². The monoisotopic (exact) mass is 494 g/mol. The van der Waals surface area contributed by atoms with Gasteiger partial charge in [-0.05, 0) is 43.0 Å². The van der Waals surface area contributed by atoms with Crippen molar-refractivity contribution in [3.8, 4) is 17.2 Å². The summed E-state index contributed by atoms with van der Waals surface area (Å²) < 4.78 is 26.7. The number of methoxy groups -OCH3 is 2. The molecule has 9 heteroatoms. The zero-order valence-corrected chi connectivity index (χ0v) is 20.8. The van der Waals surface area contributed by atoms with Gasteiger partial charge in [0.1, 0.15) is 17.3 Å². The molecular formula is C27H31FN4O4. The fourth-order valence-electron chi connectivity index (χ4n) is 4.58. The van der Waals surface area contributed by atoms with Gasteiger partial charge in [0.05, 0.1) is 26.1 Å². The summed E-state index contributed by atoms with van der Waals surface area (Å²) in [4.78, 5) is 26.7. The summed E-state index contributed by atoms with van der Waals surface area (Å²) in [7, 11) is 4.84. The van der Waals surface area contributed by atoms with Gasteiger partial charge in [-0.15, -0.1) is 0 Å². The Balaban J connectivity index is 1.38. The summed E-state index contributed by atoms with van der Waals surface area (Å²) in [5.74, 6) is 0.660. The van der Waals surface area contributed by atoms with Crippen LogP contribution in [0.1, 0.15) is 36.8 Å². The molecule has 4 rings (SSSR count). The van der Waals surface area contributed by atoms with Crippen molar-refractivity contribution in [2.45, 2.75) is 44.2 Å². The third-order valence-corrected chi connectivity index (χ3v) is 6.64. The standard InChI is InChI=1S/C27H31FN4O4/c1-31(17-19-16-29-32(18-19)21-5-4-6-22(13-21)35-2)26(34)10-12-27(11-9-25(33)30-27)15-20-7-8-23(36-3)14-24(20)28/h4-8,13-14,16,18H,9-12,15,17H2,1-3H3,(H,30,33)/t27-/m0/s1. The fourth-order valence-corrected chi connectivity index (χ4v) is 4.58. The highest BCUT2D eigenvalue weighted by atomic mass is 19.1. The van der Waals surface area contributed by atoms with Crippen LogP contribution < -0.4 is 14.8 Å². The number of carbonyl (C=O) groups excluding carboxylic acids is 2. The minimum absolute atomic E-state index is 0.0557. The van der Waals surface area contributed by atoms with Gasteiger partial charge in [-0.1, -0.05) is 12.1 Å². The number of amides is 2. The Bertz CT molecular complexity index is 1240. The number of carbonyl (C=O) groups is 2. The van der Waals surface area contributed by atoms with Crippen molar-refractivity contribution < 1.29 is 23.5 Å². The first-order chi connectivity index (χ1) is 17.3. The summed E-state index contributed by atoms with van der Waals surface area (Å²) >= 11 is 0. The maximum Gasteiger partial charge on any atom is 0.222 e. The summed E-state index contributed by atoms with van der Waals surface area (Å²) in [5.41, 5.74) is 1.58. The van der Waals surface area contributed by atoms with Crippen molar-refractivity contribution in [2.75, 3.05) is 21.3 Å². The van der Waals surface area contributed by atoms with Crippen molar-refractivity contribution in [1.82, 2.24) is 20.0 Å². The Morgan fingerprint density at radius 3 is 2.67 bits per heavy atom. The lowest BCUT2D eigenvalue weighted by Crippen LogP contribution is -2.44. The van der Waals surface area contributed by atoms with E-state index in [1.54, 1.807) is 42.1 Å². The molecule has 1 fully saturated rings. The molecule has 1 aliphatic rings. The second-order valence-electron chi connectivity index (χ2n) is 9.21. The topological polar surface area (TPSA) is 85.7 Å². The largest absolute Gasteiger partial charge is 0.497 e. The molecule has 2 heterocycles. The number of nitrogens with one attached hydrogen (secondary N) is 1. The maximum atomic E-state index is 14.6. The first-order valence-electron chi connectivity index (χ1n) is 11.9. The third-order valence-electron chi connectivity index (χ3n) is 6.64. The van der Waals surface area contributed by atoms with Crippen LogP contribution in [0.5, 0.6) is 11.5 Å². The Kier molecular flexibility index (Phi) is 7.57. The van der Waals surface area contributed by atoms with E-state index < -0.39 is 5.54 Å². The third kappa shape index (κ3) is 5.84. The van der Waals surface area contributed by atoms with Gasteiger partial charge in [-0.25, -0.2) is 9.07 Å². The molecule has 1 aromatic heterocycles. The second kappa shape index (κ2) is 10.8. The highest BCUT2D eigenvalue weighted by Crippen LogP contribution is 2.31. The Morgan fingerprint density at radius 1 is 1.19 bits per heavy atom. The molecule has 2 aromatic carbocycles. The molecule has 0 saturated carbocycles. The molecule has 2 amide bonds. The number of halogens is 1. The van der Waals surface area contributed by atoms with Crippen LogP contribution in [0, 0.1) is 5.82 Å². The van der Waals surface area contributed by atoms with E-state index in [9.17, 15) is 14.0 Å². The number of ether oxygens (including phenoxy) is 2. The molecule has 8 nitrogen and oxygen atoms in total. The molecule has 190 valence electrons. The number of benzene rings is 2. The number of nitrogens with zero attached hydrogens (tertiary/aromatic N) is 3. The van der Waals surface area contributed by atoms with Gasteiger partial charge in [-0.3, -0.25) is 9.59 Å². The summed E-state index contributed by atoms with van der Waals surface area (Å²) in [6, 6.07) is 12.3. The van der Waals surface area contributed by atoms with E-state index in [1.165, 1.54) is 13.2 Å². The average molecular weight is 495 g/mol. The van der Waals surface area contributed by atoms with Crippen molar-refractivity contribution in [1.29, 1.82) is 0 Å². The van der Waals surface area contributed by atoms with Crippen LogP contribution in [0.25, 0.3) is 5.69 Å². The summed E-state index contributed by atoms with van der Waals surface area (Å²) in [6.07, 6.45) is 5.51. The van der Waals surface area contributed by atoms with E-state index in [0.717, 1.165) is 17.0 Å². The van der Waals surface area contributed by atoms with Crippen LogP contribution in [0.2, 0.25) is 0 Å². The Hall–Kier alpha value is -3.88. The first kappa shape index (κ1) is 25.2. The number of hydrogen-bond donors (Lipinski definition) is 1. The van der Waals surface area contributed by atoms with Crippen molar-refractivity contribution in [3.63, 3.8) is 0 Å². The fraction of sp³-hybridized carbons (Fsp3) is 0.370. The van der Waals surface area contributed by atoms with E-state index in [1.807, 2.05) is 30.5 Å². The average Bonchev–Trinajstić information content (AvgIpc) is 3.50. The van der Waals surface area contributed by atoms with Gasteiger partial charge >= 0.3 is 0 Å². The Morgan fingerprint density at radius 2 is 1.97 bits per heavy atom. The summed E-state index contributed by atoms with van der Waals surface area (Å²) in [6.45, 7) is 0.398. The SMILES string of the molecule is COc1cccc(-n2cc(CN(C)C(=O)CC[C@]3(Cc4ccc(OC)cc4F)CCC(=O)N3)cn2)c1. The lowest BCUT2D eigenvalue weighted by molar-refractivity contribution is -0.131. The van der Waals surface area contributed by atoms with Crippen LogP contribution in [-0.2, 0) is 22.6 Å². The van der Waals surface area contributed by atoms with Gasteiger partial charge in [0.15, 0.2) is 0 Å². The molecule has 0 unspecified atom stereocenters. The van der Waals surface area contributed by atoms with E-state index in [-0.39, 0.29) is 24.1 Å². The smallest absolute Gasteiger partial charge is 0.222 e. The minimum Gasteiger partial charge on any atom is -0.497 e. The molecule has 1 aliphatic heterocycles. The Labute approximate surface area is 210 Å². The zero-order chi connectivity index (χ0) is 25.7. The second-order valence-corrected chi connectivity index (χ2v) is 9.21. The van der Waals surface area contributed by atoms with Crippen LogP contribution in [0.4, 0.5) is 4.39 Å². The van der Waals surface area contributed by atoms with Crippen LogP contribution >= 0.6 is 0 Å². The van der Waals surface area contributed by atoms with E-state index in [2.05, 4.69) is 10.4 Å². The normalized spacial score (nSPS) is 17.1. The molecule has 0 bridgehead atoms. The van der Waals surface area contributed by atoms with Crippen LogP contribution in [-0.4, -0.2) is 53.3 Å². The predicted octanol–water partition coefficient (Wildman–Crippen LogP) is 3.66. The van der Waals surface area contributed by atoms with Crippen molar-refractivity contribution >= 4 is 11.8 Å². The minimum atomic E-state index is -0.653. The van der Waals surface area contributed by atoms with Crippen LogP contribution in [0.3, 0.4) is 0 Å². The number of rotatable bonds is 10. The highest BCUT2D eigenvalue weighted by molar-refractivity contribution is 5.80. The number of hydrogen-bond acceptors (Lipinski definition) is 5. The van der Waals surface area contributed by atoms with E-state index in [4.69, 9.17) is 9.47 Å². The number of aromatic nitrogens is 2. The van der Waals surface area contributed by atoms with Crippen molar-refractivity contribution in [2.24, 2.45) is 0 Å². The highest BCUT2D eigenvalue weighted by Gasteiger charge is 2.38. The van der Waals surface area contributed by atoms with Gasteiger partial charge in [-0.2, -0.15) is 5.10 Å². The molecule has 36 heavy (non-hydrogen) atoms. The molecule has 0 radical (unpaired) electrons. The predicted molar refractivity (Wildman–Crippen MR) is 133 cm³/mol. The molecule has 1 N–H and O–H groups in total. The lowest BCUT2D eigenvalue weighted by Gasteiger charge is -2.30. The zero-order valence-electron chi connectivity index (χ0n) is 20.8. The van der Waals surface area contributed by atoms with E-state index >= 15 is 0 Å².